The molecule has 2 rings (SSSR count). The van der Waals surface area contributed by atoms with E-state index in [4.69, 9.17) is 0 Å². The zero-order valence-corrected chi connectivity index (χ0v) is 12.2. The second kappa shape index (κ2) is 5.81. The van der Waals surface area contributed by atoms with Gasteiger partial charge >= 0.3 is 0 Å². The van der Waals surface area contributed by atoms with Gasteiger partial charge in [0.2, 0.25) is 0 Å². The van der Waals surface area contributed by atoms with Crippen LogP contribution in [0, 0.1) is 0 Å². The van der Waals surface area contributed by atoms with Gasteiger partial charge in [0.25, 0.3) is 5.91 Å². The van der Waals surface area contributed by atoms with E-state index in [1.807, 2.05) is 24.3 Å². The Kier molecular flexibility index (Phi) is 4.12. The molecule has 0 bridgehead atoms. The molecule has 1 aromatic carbocycles. The van der Waals surface area contributed by atoms with E-state index < -0.39 is 0 Å². The number of benzene rings is 1. The third-order valence-electron chi connectivity index (χ3n) is 3.26. The Morgan fingerprint density at radius 2 is 1.95 bits per heavy atom. The number of carbonyl (C=O) groups is 1. The van der Waals surface area contributed by atoms with E-state index in [1.54, 1.807) is 23.7 Å². The van der Waals surface area contributed by atoms with E-state index in [0.29, 0.717) is 23.9 Å². The molecule has 6 nitrogen and oxygen atoms in total. The number of carbonyl (C=O) groups excluding carboxylic acids is 1. The van der Waals surface area contributed by atoms with Gasteiger partial charge in [0, 0.05) is 19.7 Å². The van der Waals surface area contributed by atoms with E-state index in [1.165, 1.54) is 5.56 Å². The lowest BCUT2D eigenvalue weighted by molar-refractivity contribution is 0.0780. The highest BCUT2D eigenvalue weighted by molar-refractivity contribution is 5.94. The van der Waals surface area contributed by atoms with Crippen LogP contribution in [0.15, 0.2) is 24.3 Å². The fraction of sp³-hybridized carbons (Fsp3) is 0.429. The Bertz CT molecular complexity index is 588. The number of amides is 1. The number of rotatable bonds is 4. The van der Waals surface area contributed by atoms with Crippen LogP contribution in [-0.4, -0.2) is 38.1 Å². The molecule has 0 atom stereocenters. The average molecular weight is 273 g/mol. The maximum Gasteiger partial charge on any atom is 0.254 e. The molecule has 1 heterocycles. The van der Waals surface area contributed by atoms with Crippen molar-refractivity contribution in [2.24, 2.45) is 7.05 Å². The second-order valence-electron chi connectivity index (χ2n) is 5.16. The Balaban J connectivity index is 2.08. The average Bonchev–Trinajstić information content (AvgIpc) is 2.83. The number of aryl methyl sites for hydroxylation is 1. The molecule has 0 unspecified atom stereocenters. The first-order valence-electron chi connectivity index (χ1n) is 6.55. The normalized spacial score (nSPS) is 10.8. The van der Waals surface area contributed by atoms with E-state index >= 15 is 0 Å². The van der Waals surface area contributed by atoms with Crippen molar-refractivity contribution >= 4 is 5.91 Å². The summed E-state index contributed by atoms with van der Waals surface area (Å²) in [6.07, 6.45) is 0. The fourth-order valence-corrected chi connectivity index (χ4v) is 1.90. The predicted molar refractivity (Wildman–Crippen MR) is 75.1 cm³/mol. The molecule has 2 aromatic rings. The van der Waals surface area contributed by atoms with Crippen LogP contribution in [0.2, 0.25) is 0 Å². The first-order chi connectivity index (χ1) is 9.49. The molecular formula is C14H19N5O. The summed E-state index contributed by atoms with van der Waals surface area (Å²) in [5.41, 5.74) is 1.90. The Morgan fingerprint density at radius 3 is 2.45 bits per heavy atom. The van der Waals surface area contributed by atoms with Gasteiger partial charge in [-0.2, -0.15) is 0 Å². The number of hydrogen-bond donors (Lipinski definition) is 0. The van der Waals surface area contributed by atoms with E-state index in [0.717, 1.165) is 0 Å². The summed E-state index contributed by atoms with van der Waals surface area (Å²) in [4.78, 5) is 13.9. The van der Waals surface area contributed by atoms with E-state index in [9.17, 15) is 4.79 Å². The second-order valence-corrected chi connectivity index (χ2v) is 5.16. The Labute approximate surface area is 118 Å². The van der Waals surface area contributed by atoms with Crippen LogP contribution in [0.5, 0.6) is 0 Å². The summed E-state index contributed by atoms with van der Waals surface area (Å²) in [6, 6.07) is 7.72. The molecule has 0 aliphatic heterocycles. The molecule has 0 radical (unpaired) electrons. The van der Waals surface area contributed by atoms with Crippen LogP contribution in [0.4, 0.5) is 0 Å². The zero-order chi connectivity index (χ0) is 14.7. The maximum atomic E-state index is 12.3. The minimum atomic E-state index is -0.0386. The number of hydrogen-bond acceptors (Lipinski definition) is 4. The largest absolute Gasteiger partial charge is 0.334 e. The molecule has 0 saturated carbocycles. The van der Waals surface area contributed by atoms with Crippen molar-refractivity contribution in [3.05, 3.63) is 41.2 Å². The van der Waals surface area contributed by atoms with Crippen LogP contribution < -0.4 is 0 Å². The van der Waals surface area contributed by atoms with Crippen molar-refractivity contribution in [1.82, 2.24) is 25.1 Å². The Hall–Kier alpha value is -2.24. The highest BCUT2D eigenvalue weighted by Crippen LogP contribution is 2.15. The fourth-order valence-electron chi connectivity index (χ4n) is 1.90. The molecule has 1 aromatic heterocycles. The van der Waals surface area contributed by atoms with Crippen molar-refractivity contribution < 1.29 is 4.79 Å². The molecule has 20 heavy (non-hydrogen) atoms. The SMILES string of the molecule is CC(C)c1ccc(C(=O)N(C)Cc2nnnn2C)cc1. The summed E-state index contributed by atoms with van der Waals surface area (Å²) in [7, 11) is 3.50. The van der Waals surface area contributed by atoms with Gasteiger partial charge in [-0.25, -0.2) is 4.68 Å². The van der Waals surface area contributed by atoms with Crippen molar-refractivity contribution in [3.63, 3.8) is 0 Å². The quantitative estimate of drug-likeness (QED) is 0.849. The van der Waals surface area contributed by atoms with Gasteiger partial charge < -0.3 is 4.90 Å². The lowest BCUT2D eigenvalue weighted by Crippen LogP contribution is -2.27. The molecule has 0 spiro atoms. The van der Waals surface area contributed by atoms with Crippen LogP contribution >= 0.6 is 0 Å². The van der Waals surface area contributed by atoms with Crippen molar-refractivity contribution in [3.8, 4) is 0 Å². The van der Waals surface area contributed by atoms with Crippen LogP contribution in [0.1, 0.15) is 41.5 Å². The van der Waals surface area contributed by atoms with Crippen molar-refractivity contribution in [1.29, 1.82) is 0 Å². The van der Waals surface area contributed by atoms with Gasteiger partial charge in [-0.05, 0) is 34.0 Å². The van der Waals surface area contributed by atoms with Gasteiger partial charge in [0.15, 0.2) is 5.82 Å². The molecular weight excluding hydrogens is 254 g/mol. The summed E-state index contributed by atoms with van der Waals surface area (Å²) >= 11 is 0. The molecule has 0 saturated heterocycles. The topological polar surface area (TPSA) is 63.9 Å². The van der Waals surface area contributed by atoms with E-state index in [-0.39, 0.29) is 5.91 Å². The zero-order valence-electron chi connectivity index (χ0n) is 12.2. The van der Waals surface area contributed by atoms with Gasteiger partial charge in [-0.1, -0.05) is 26.0 Å². The van der Waals surface area contributed by atoms with Gasteiger partial charge in [0.05, 0.1) is 6.54 Å². The first kappa shape index (κ1) is 14.2. The summed E-state index contributed by atoms with van der Waals surface area (Å²) in [6.45, 7) is 4.64. The lowest BCUT2D eigenvalue weighted by atomic mass is 10.0. The number of tetrazole rings is 1. The number of aromatic nitrogens is 4. The third kappa shape index (κ3) is 3.01. The third-order valence-corrected chi connectivity index (χ3v) is 3.26. The molecule has 6 heteroatoms. The monoisotopic (exact) mass is 273 g/mol. The molecule has 1 amide bonds. The van der Waals surface area contributed by atoms with Crippen LogP contribution in [0.3, 0.4) is 0 Å². The minimum Gasteiger partial charge on any atom is -0.334 e. The predicted octanol–water partition coefficient (Wildman–Crippen LogP) is 1.61. The Morgan fingerprint density at radius 1 is 1.30 bits per heavy atom. The highest BCUT2D eigenvalue weighted by Gasteiger charge is 2.14. The maximum absolute atomic E-state index is 12.3. The molecule has 0 aliphatic carbocycles. The molecule has 0 aliphatic rings. The van der Waals surface area contributed by atoms with Gasteiger partial charge in [0.1, 0.15) is 0 Å². The van der Waals surface area contributed by atoms with Crippen LogP contribution in [-0.2, 0) is 13.6 Å². The lowest BCUT2D eigenvalue weighted by Gasteiger charge is -2.16. The summed E-state index contributed by atoms with van der Waals surface area (Å²) in [5, 5.41) is 11.2. The minimum absolute atomic E-state index is 0.0386. The van der Waals surface area contributed by atoms with Crippen molar-refractivity contribution in [2.75, 3.05) is 7.05 Å². The first-order valence-corrected chi connectivity index (χ1v) is 6.55. The molecule has 0 fully saturated rings. The smallest absolute Gasteiger partial charge is 0.254 e. The summed E-state index contributed by atoms with van der Waals surface area (Å²) < 4.78 is 1.56. The van der Waals surface area contributed by atoms with Gasteiger partial charge in [-0.15, -0.1) is 5.10 Å². The van der Waals surface area contributed by atoms with Crippen LogP contribution in [0.25, 0.3) is 0 Å². The standard InChI is InChI=1S/C14H19N5O/c1-10(2)11-5-7-12(8-6-11)14(20)18(3)9-13-15-16-17-19(13)4/h5-8,10H,9H2,1-4H3. The molecule has 106 valence electrons. The molecule has 0 N–H and O–H groups in total. The van der Waals surface area contributed by atoms with E-state index in [2.05, 4.69) is 29.4 Å². The summed E-state index contributed by atoms with van der Waals surface area (Å²) in [5.74, 6) is 1.07. The number of nitrogens with zero attached hydrogens (tertiary/aromatic N) is 5. The van der Waals surface area contributed by atoms with Gasteiger partial charge in [-0.3, -0.25) is 4.79 Å². The highest BCUT2D eigenvalue weighted by atomic mass is 16.2. The van der Waals surface area contributed by atoms with Crippen molar-refractivity contribution in [2.45, 2.75) is 26.3 Å².